The molecule has 0 fully saturated rings. The van der Waals surface area contributed by atoms with E-state index in [9.17, 15) is 0 Å². The van der Waals surface area contributed by atoms with Crippen LogP contribution in [-0.2, 0) is 13.0 Å². The Kier molecular flexibility index (Phi) is 3.17. The fourth-order valence-corrected chi connectivity index (χ4v) is 17.3. The van der Waals surface area contributed by atoms with Crippen molar-refractivity contribution in [2.45, 2.75) is 32.6 Å². The number of allylic oxidation sites excluding steroid dienone is 4. The van der Waals surface area contributed by atoms with Gasteiger partial charge in [-0.25, -0.2) is 0 Å². The number of nitrogens with zero attached hydrogens (tertiary/aromatic N) is 1. The molecule has 0 amide bonds. The second-order valence-electron chi connectivity index (χ2n) is 7.72. The van der Waals surface area contributed by atoms with Crippen LogP contribution in [0.5, 0.6) is 0 Å². The van der Waals surface area contributed by atoms with Gasteiger partial charge in [-0.1, -0.05) is 0 Å². The number of rotatable bonds is 1. The predicted molar refractivity (Wildman–Crippen MR) is 115 cm³/mol. The third kappa shape index (κ3) is 1.82. The zero-order chi connectivity index (χ0) is 19.6. The Morgan fingerprint density at radius 3 is 2.18 bits per heavy atom. The first-order valence-corrected chi connectivity index (χ1v) is 13.7. The normalized spacial score (nSPS) is 25.4. The van der Waals surface area contributed by atoms with E-state index in [2.05, 4.69) is 35.4 Å². The Balaban J connectivity index is 2.07. The summed E-state index contributed by atoms with van der Waals surface area (Å²) in [6.07, 6.45) is 3.98. The van der Waals surface area contributed by atoms with E-state index in [1.165, 1.54) is 0 Å². The molecule has 144 valence electrons. The number of fused-ring (bicyclic) bond motifs is 2. The van der Waals surface area contributed by atoms with Gasteiger partial charge in [0.2, 0.25) is 0 Å². The van der Waals surface area contributed by atoms with E-state index >= 15 is 0 Å². The second-order valence-corrected chi connectivity index (χ2v) is 16.0. The molecular weight excluding hydrogens is 386 g/mol. The molecule has 0 aromatic heterocycles. The molecule has 0 saturated carbocycles. The molecule has 3 aliphatic rings. The molecule has 4 nitrogen and oxygen atoms in total. The Morgan fingerprint density at radius 1 is 0.821 bits per heavy atom. The van der Waals surface area contributed by atoms with Crippen molar-refractivity contribution in [3.05, 3.63) is 78.3 Å². The third-order valence-corrected chi connectivity index (χ3v) is 16.0. The van der Waals surface area contributed by atoms with E-state index < -0.39 is 6.67 Å². The zero-order valence-corrected chi connectivity index (χ0v) is 18.2. The molecule has 0 radical (unpaired) electrons. The summed E-state index contributed by atoms with van der Waals surface area (Å²) in [6, 6.07) is 18.5. The number of benzene rings is 2. The van der Waals surface area contributed by atoms with Crippen LogP contribution >= 0.6 is 11.2 Å². The maximum absolute atomic E-state index is 6.97. The van der Waals surface area contributed by atoms with Crippen molar-refractivity contribution >= 4 is 40.2 Å². The fraction of sp³-hybridized carbons (Fsp3) is 0.182. The Morgan fingerprint density at radius 2 is 1.46 bits per heavy atom. The van der Waals surface area contributed by atoms with Gasteiger partial charge < -0.3 is 0 Å². The van der Waals surface area contributed by atoms with Gasteiger partial charge in [0.1, 0.15) is 0 Å². The summed E-state index contributed by atoms with van der Waals surface area (Å²) in [5, 5.41) is 0.914. The predicted octanol–water partition coefficient (Wildman–Crippen LogP) is 4.64. The number of hydrogen-bond donors (Lipinski definition) is 0. The number of hydrogen-bond acceptors (Lipinski definition) is 3. The average molecular weight is 410 g/mol. The van der Waals surface area contributed by atoms with Crippen LogP contribution < -0.4 is 5.19 Å². The molecule has 0 saturated heterocycles. The van der Waals surface area contributed by atoms with Crippen molar-refractivity contribution in [2.75, 3.05) is 0 Å². The van der Waals surface area contributed by atoms with Gasteiger partial charge in [0.05, 0.1) is 0 Å². The van der Waals surface area contributed by atoms with Crippen molar-refractivity contribution in [3.8, 4) is 0 Å². The van der Waals surface area contributed by atoms with Gasteiger partial charge in [0.25, 0.3) is 0 Å². The second kappa shape index (κ2) is 5.07. The molecule has 0 N–H and O–H groups in total. The molecule has 5 rings (SSSR count). The molecule has 0 unspecified atom stereocenters. The summed E-state index contributed by atoms with van der Waals surface area (Å²) in [5.41, 5.74) is 2.08. The topological polar surface area (TPSA) is 32.8 Å². The minimum absolute atomic E-state index is 0.782. The van der Waals surface area contributed by atoms with E-state index in [0.717, 1.165) is 38.8 Å². The summed E-state index contributed by atoms with van der Waals surface area (Å²) in [5.74, 6) is 2.35. The van der Waals surface area contributed by atoms with Crippen LogP contribution in [0.25, 0.3) is 0 Å². The summed E-state index contributed by atoms with van der Waals surface area (Å²) < 4.78 is 23.1. The average Bonchev–Trinajstić information content (AvgIpc) is 2.89. The summed E-state index contributed by atoms with van der Waals surface area (Å²) in [6.45, 7) is 2.87. The van der Waals surface area contributed by atoms with E-state index in [0.29, 0.717) is 0 Å². The van der Waals surface area contributed by atoms with E-state index in [1.807, 2.05) is 63.3 Å². The Bertz CT molecular complexity index is 1180. The zero-order valence-electron chi connectivity index (χ0n) is 16.4. The summed E-state index contributed by atoms with van der Waals surface area (Å²) >= 11 is 1.60. The molecule has 28 heavy (non-hydrogen) atoms. The van der Waals surface area contributed by atoms with Crippen molar-refractivity contribution in [2.24, 2.45) is 0 Å². The van der Waals surface area contributed by atoms with Gasteiger partial charge in [0, 0.05) is 0 Å². The molecule has 2 aromatic carbocycles. The molecule has 2 aromatic rings. The number of ketones is 1. The van der Waals surface area contributed by atoms with Crippen LogP contribution in [0.2, 0.25) is 0 Å². The van der Waals surface area contributed by atoms with Crippen LogP contribution in [0.4, 0.5) is 5.69 Å². The SMILES string of the molecule is CC1=CC(C)=[O+][Si-2]23(c4ccccc4)(O1)OC(C)=CC(C)=[N+]2c1ccccc1S3. The number of carbonyl (C=O) groups excluding carboxylic acids is 1. The van der Waals surface area contributed by atoms with Crippen LogP contribution in [0.15, 0.2) is 83.2 Å². The fourth-order valence-electron chi connectivity index (χ4n) is 5.03. The van der Waals surface area contributed by atoms with Crippen molar-refractivity contribution in [3.63, 3.8) is 0 Å². The van der Waals surface area contributed by atoms with Gasteiger partial charge in [-0.05, 0) is 0 Å². The van der Waals surface area contributed by atoms with E-state index in [1.54, 1.807) is 11.2 Å². The van der Waals surface area contributed by atoms with Crippen LogP contribution in [0.3, 0.4) is 0 Å². The van der Waals surface area contributed by atoms with E-state index in [4.69, 9.17) is 13.0 Å². The van der Waals surface area contributed by atoms with Crippen LogP contribution in [0.1, 0.15) is 27.7 Å². The molecule has 1 spiro atoms. The Hall–Kier alpha value is -2.57. The third-order valence-electron chi connectivity index (χ3n) is 5.61. The van der Waals surface area contributed by atoms with Gasteiger partial charge in [-0.3, -0.25) is 0 Å². The van der Waals surface area contributed by atoms with Crippen LogP contribution in [-0.4, -0.2) is 22.4 Å². The van der Waals surface area contributed by atoms with Gasteiger partial charge >= 0.3 is 168 Å². The molecule has 0 bridgehead atoms. The molecule has 6 heteroatoms. The van der Waals surface area contributed by atoms with Gasteiger partial charge in [-0.2, -0.15) is 0 Å². The summed E-state index contributed by atoms with van der Waals surface area (Å²) in [7, 11) is 0. The van der Waals surface area contributed by atoms with Gasteiger partial charge in [-0.15, -0.1) is 0 Å². The molecule has 3 aliphatic heterocycles. The van der Waals surface area contributed by atoms with Crippen molar-refractivity contribution < 1.29 is 17.2 Å². The minimum atomic E-state index is -5.13. The first kappa shape index (κ1) is 17.5. The molecule has 0 aliphatic carbocycles. The first-order valence-electron chi connectivity index (χ1n) is 9.45. The van der Waals surface area contributed by atoms with E-state index in [-0.39, 0.29) is 0 Å². The molecule has 0 atom stereocenters. The van der Waals surface area contributed by atoms with Crippen molar-refractivity contribution in [1.29, 1.82) is 0 Å². The maximum atomic E-state index is 6.97. The molecule has 3 heterocycles. The molecular formula is C22H23NO3SSi. The Labute approximate surface area is 168 Å². The van der Waals surface area contributed by atoms with Gasteiger partial charge in [0.15, 0.2) is 0 Å². The summed E-state index contributed by atoms with van der Waals surface area (Å²) in [4.78, 5) is 1.08. The monoisotopic (exact) mass is 409 g/mol. The number of para-hydroxylation sites is 1. The van der Waals surface area contributed by atoms with Crippen molar-refractivity contribution in [1.82, 2.24) is 0 Å². The standard InChI is InChI=1S/C22H23NO3SSi/c1-16-14-17(2)24-28(20-10-6-5-7-11-20,25-18(3)15-19(4)26-28)23(16)21-12-8-9-13-22(21)27-28/h5-15H,1-4H3. The first-order chi connectivity index (χ1) is 13.3. The quantitative estimate of drug-likeness (QED) is 0.508. The van der Waals surface area contributed by atoms with Crippen LogP contribution in [0, 0.1) is 0 Å².